The van der Waals surface area contributed by atoms with Gasteiger partial charge < -0.3 is 10.2 Å². The molecule has 138 valence electrons. The lowest BCUT2D eigenvalue weighted by molar-refractivity contribution is 0.0870. The molecule has 3 unspecified atom stereocenters. The molecule has 1 saturated heterocycles. The van der Waals surface area contributed by atoms with E-state index in [9.17, 15) is 4.79 Å². The van der Waals surface area contributed by atoms with Gasteiger partial charge in [-0.05, 0) is 42.2 Å². The molecule has 1 aliphatic rings. The molecule has 0 aliphatic carbocycles. The maximum atomic E-state index is 12.9. The Morgan fingerprint density at radius 1 is 1.04 bits per heavy atom. The van der Waals surface area contributed by atoms with E-state index in [0.717, 1.165) is 32.4 Å². The summed E-state index contributed by atoms with van der Waals surface area (Å²) in [6, 6.07) is 21.1. The van der Waals surface area contributed by atoms with Crippen molar-refractivity contribution in [2.45, 2.75) is 39.2 Å². The van der Waals surface area contributed by atoms with Crippen LogP contribution in [0.25, 0.3) is 0 Å². The molecule has 1 N–H and O–H groups in total. The standard InChI is InChI=1S/C23H30N2O/c1-18-15-17-25(22(19(18)2)21-13-7-4-8-14-21)23(26)24-16-9-12-20-10-5-3-6-11-20/h3-8,10-11,13-14,18-19,22H,9,12,15-17H2,1-2H3,(H,24,26). The molecule has 2 amide bonds. The monoisotopic (exact) mass is 350 g/mol. The van der Waals surface area contributed by atoms with Crippen LogP contribution in [0.15, 0.2) is 60.7 Å². The van der Waals surface area contributed by atoms with Crippen LogP contribution in [-0.2, 0) is 6.42 Å². The molecule has 0 saturated carbocycles. The van der Waals surface area contributed by atoms with E-state index in [1.54, 1.807) is 0 Å². The third-order valence-electron chi connectivity index (χ3n) is 5.72. The van der Waals surface area contributed by atoms with Crippen LogP contribution in [0.2, 0.25) is 0 Å². The van der Waals surface area contributed by atoms with E-state index in [2.05, 4.69) is 67.7 Å². The second kappa shape index (κ2) is 8.88. The Balaban J connectivity index is 1.59. The van der Waals surface area contributed by atoms with Gasteiger partial charge in [0.25, 0.3) is 0 Å². The van der Waals surface area contributed by atoms with Crippen LogP contribution in [0.4, 0.5) is 4.79 Å². The van der Waals surface area contributed by atoms with Crippen molar-refractivity contribution >= 4 is 6.03 Å². The van der Waals surface area contributed by atoms with E-state index in [1.807, 2.05) is 17.0 Å². The summed E-state index contributed by atoms with van der Waals surface area (Å²) in [5.41, 5.74) is 2.57. The number of benzene rings is 2. The summed E-state index contributed by atoms with van der Waals surface area (Å²) in [5, 5.41) is 3.14. The van der Waals surface area contributed by atoms with Gasteiger partial charge in [-0.15, -0.1) is 0 Å². The smallest absolute Gasteiger partial charge is 0.317 e. The first kappa shape index (κ1) is 18.5. The fourth-order valence-electron chi connectivity index (χ4n) is 3.94. The Kier molecular flexibility index (Phi) is 6.32. The lowest BCUT2D eigenvalue weighted by Crippen LogP contribution is -2.49. The molecule has 26 heavy (non-hydrogen) atoms. The van der Waals surface area contributed by atoms with Crippen LogP contribution in [0.3, 0.4) is 0 Å². The number of nitrogens with one attached hydrogen (secondary N) is 1. The van der Waals surface area contributed by atoms with E-state index in [-0.39, 0.29) is 12.1 Å². The van der Waals surface area contributed by atoms with Crippen LogP contribution in [0, 0.1) is 11.8 Å². The van der Waals surface area contributed by atoms with Crippen LogP contribution in [0.5, 0.6) is 0 Å². The number of nitrogens with zero attached hydrogens (tertiary/aromatic N) is 1. The predicted molar refractivity (Wildman–Crippen MR) is 107 cm³/mol. The van der Waals surface area contributed by atoms with Crippen LogP contribution < -0.4 is 5.32 Å². The molecule has 2 aromatic rings. The van der Waals surface area contributed by atoms with Gasteiger partial charge in [0, 0.05) is 13.1 Å². The Morgan fingerprint density at radius 3 is 2.38 bits per heavy atom. The molecule has 0 bridgehead atoms. The van der Waals surface area contributed by atoms with E-state index in [4.69, 9.17) is 0 Å². The number of likely N-dealkylation sites (tertiary alicyclic amines) is 1. The van der Waals surface area contributed by atoms with Gasteiger partial charge in [-0.1, -0.05) is 74.5 Å². The van der Waals surface area contributed by atoms with E-state index in [0.29, 0.717) is 11.8 Å². The summed E-state index contributed by atoms with van der Waals surface area (Å²) < 4.78 is 0. The fourth-order valence-corrected chi connectivity index (χ4v) is 3.94. The molecule has 3 nitrogen and oxygen atoms in total. The zero-order chi connectivity index (χ0) is 18.4. The molecule has 0 aromatic heterocycles. The van der Waals surface area contributed by atoms with Gasteiger partial charge in [-0.25, -0.2) is 4.79 Å². The average molecular weight is 351 g/mol. The van der Waals surface area contributed by atoms with Crippen molar-refractivity contribution in [3.8, 4) is 0 Å². The molecule has 1 aliphatic heterocycles. The minimum Gasteiger partial charge on any atom is -0.338 e. The average Bonchev–Trinajstić information content (AvgIpc) is 2.68. The van der Waals surface area contributed by atoms with E-state index in [1.165, 1.54) is 11.1 Å². The maximum absolute atomic E-state index is 12.9. The van der Waals surface area contributed by atoms with Crippen molar-refractivity contribution < 1.29 is 4.79 Å². The number of hydrogen-bond acceptors (Lipinski definition) is 1. The van der Waals surface area contributed by atoms with Crippen LogP contribution >= 0.6 is 0 Å². The van der Waals surface area contributed by atoms with Crippen molar-refractivity contribution in [3.63, 3.8) is 0 Å². The van der Waals surface area contributed by atoms with Crippen molar-refractivity contribution in [1.82, 2.24) is 10.2 Å². The molecule has 0 radical (unpaired) electrons. The molecule has 3 atom stereocenters. The van der Waals surface area contributed by atoms with Gasteiger partial charge in [-0.2, -0.15) is 0 Å². The predicted octanol–water partition coefficient (Wildman–Crippen LogP) is 5.05. The minimum absolute atomic E-state index is 0.0747. The molecule has 3 heteroatoms. The molecular weight excluding hydrogens is 320 g/mol. The molecule has 0 spiro atoms. The van der Waals surface area contributed by atoms with Gasteiger partial charge in [-0.3, -0.25) is 0 Å². The number of carbonyl (C=O) groups is 1. The summed E-state index contributed by atoms with van der Waals surface area (Å²) in [7, 11) is 0. The van der Waals surface area contributed by atoms with Crippen LogP contribution in [0.1, 0.15) is 43.9 Å². The molecular formula is C23H30N2O. The fraction of sp³-hybridized carbons (Fsp3) is 0.435. The Morgan fingerprint density at radius 2 is 1.69 bits per heavy atom. The number of carbonyl (C=O) groups excluding carboxylic acids is 1. The Labute approximate surface area is 157 Å². The van der Waals surface area contributed by atoms with Gasteiger partial charge in [0.1, 0.15) is 0 Å². The number of rotatable bonds is 5. The third-order valence-corrected chi connectivity index (χ3v) is 5.72. The number of aryl methyl sites for hydroxylation is 1. The number of hydrogen-bond donors (Lipinski definition) is 1. The largest absolute Gasteiger partial charge is 0.338 e. The summed E-state index contributed by atoms with van der Waals surface area (Å²) >= 11 is 0. The Hall–Kier alpha value is -2.29. The number of urea groups is 1. The highest BCUT2D eigenvalue weighted by atomic mass is 16.2. The lowest BCUT2D eigenvalue weighted by Gasteiger charge is -2.43. The Bertz CT molecular complexity index is 686. The highest BCUT2D eigenvalue weighted by Gasteiger charge is 2.36. The summed E-state index contributed by atoms with van der Waals surface area (Å²) in [4.78, 5) is 14.9. The summed E-state index contributed by atoms with van der Waals surface area (Å²) in [5.74, 6) is 1.09. The van der Waals surface area contributed by atoms with Crippen LogP contribution in [-0.4, -0.2) is 24.0 Å². The lowest BCUT2D eigenvalue weighted by atomic mass is 9.79. The second-order valence-corrected chi connectivity index (χ2v) is 7.50. The molecule has 2 aromatic carbocycles. The van der Waals surface area contributed by atoms with Crippen molar-refractivity contribution in [3.05, 3.63) is 71.8 Å². The first-order valence-electron chi connectivity index (χ1n) is 9.80. The first-order chi connectivity index (χ1) is 12.7. The second-order valence-electron chi connectivity index (χ2n) is 7.50. The normalized spacial score (nSPS) is 22.8. The van der Waals surface area contributed by atoms with E-state index < -0.39 is 0 Å². The zero-order valence-electron chi connectivity index (χ0n) is 15.9. The molecule has 1 heterocycles. The highest BCUT2D eigenvalue weighted by molar-refractivity contribution is 5.75. The molecule has 3 rings (SSSR count). The van der Waals surface area contributed by atoms with Gasteiger partial charge >= 0.3 is 6.03 Å². The van der Waals surface area contributed by atoms with Crippen molar-refractivity contribution in [1.29, 1.82) is 0 Å². The van der Waals surface area contributed by atoms with Gasteiger partial charge in [0.2, 0.25) is 0 Å². The summed E-state index contributed by atoms with van der Waals surface area (Å²) in [6.07, 6.45) is 3.03. The quantitative estimate of drug-likeness (QED) is 0.752. The SMILES string of the molecule is CC1CCN(C(=O)NCCCc2ccccc2)C(c2ccccc2)C1C. The summed E-state index contributed by atoms with van der Waals surface area (Å²) in [6.45, 7) is 6.12. The van der Waals surface area contributed by atoms with Crippen molar-refractivity contribution in [2.75, 3.05) is 13.1 Å². The zero-order valence-corrected chi connectivity index (χ0v) is 15.9. The first-order valence-corrected chi connectivity index (χ1v) is 9.80. The van der Waals surface area contributed by atoms with Crippen molar-refractivity contribution in [2.24, 2.45) is 11.8 Å². The molecule has 1 fully saturated rings. The highest BCUT2D eigenvalue weighted by Crippen LogP contribution is 2.38. The number of amides is 2. The number of piperidine rings is 1. The third kappa shape index (κ3) is 4.46. The maximum Gasteiger partial charge on any atom is 0.317 e. The van der Waals surface area contributed by atoms with E-state index >= 15 is 0 Å². The van der Waals surface area contributed by atoms with Gasteiger partial charge in [0.15, 0.2) is 0 Å². The minimum atomic E-state index is 0.0747. The van der Waals surface area contributed by atoms with Gasteiger partial charge in [0.05, 0.1) is 6.04 Å². The topological polar surface area (TPSA) is 32.3 Å².